The Morgan fingerprint density at radius 2 is 2.00 bits per heavy atom. The summed E-state index contributed by atoms with van der Waals surface area (Å²) < 4.78 is 29.2. The van der Waals surface area contributed by atoms with Crippen LogP contribution in [0.5, 0.6) is 0 Å². The summed E-state index contributed by atoms with van der Waals surface area (Å²) in [4.78, 5) is 0.257. The smallest absolute Gasteiger partial charge is 0.241 e. The Labute approximate surface area is 117 Å². The van der Waals surface area contributed by atoms with Crippen molar-refractivity contribution >= 4 is 10.0 Å². The summed E-state index contributed by atoms with van der Waals surface area (Å²) in [7, 11) is -3.53. The molecule has 0 aliphatic carbocycles. The third-order valence-electron chi connectivity index (χ3n) is 3.41. The summed E-state index contributed by atoms with van der Waals surface area (Å²) in [5.74, 6) is 1.61. The molecule has 1 N–H and O–H groups in total. The van der Waals surface area contributed by atoms with E-state index in [0.717, 1.165) is 25.2 Å². The molecule has 1 aliphatic heterocycles. The topological polar surface area (TPSA) is 76.9 Å². The lowest BCUT2D eigenvalue weighted by atomic mass is 10.3. The molecule has 0 bridgehead atoms. The Morgan fingerprint density at radius 1 is 1.25 bits per heavy atom. The summed E-state index contributed by atoms with van der Waals surface area (Å²) in [6.07, 6.45) is 1.95. The SMILES string of the molecule is CC(NS(=O)(=O)c1ccccc1)c1nnc2n1CCC2. The highest BCUT2D eigenvalue weighted by atomic mass is 32.2. The van der Waals surface area contributed by atoms with Gasteiger partial charge in [-0.1, -0.05) is 18.2 Å². The van der Waals surface area contributed by atoms with Gasteiger partial charge in [0.15, 0.2) is 5.82 Å². The van der Waals surface area contributed by atoms with Crippen LogP contribution in [0.4, 0.5) is 0 Å². The molecule has 0 saturated heterocycles. The number of rotatable bonds is 4. The average molecular weight is 292 g/mol. The van der Waals surface area contributed by atoms with Gasteiger partial charge in [-0.15, -0.1) is 10.2 Å². The van der Waals surface area contributed by atoms with E-state index < -0.39 is 16.1 Å². The van der Waals surface area contributed by atoms with Gasteiger partial charge in [-0.2, -0.15) is 0 Å². The molecule has 0 amide bonds. The van der Waals surface area contributed by atoms with Crippen LogP contribution in [-0.2, 0) is 23.0 Å². The minimum Gasteiger partial charge on any atom is -0.314 e. The van der Waals surface area contributed by atoms with Crippen molar-refractivity contribution in [3.63, 3.8) is 0 Å². The van der Waals surface area contributed by atoms with Gasteiger partial charge in [0, 0.05) is 13.0 Å². The quantitative estimate of drug-likeness (QED) is 0.920. The van der Waals surface area contributed by atoms with Crippen molar-refractivity contribution in [1.82, 2.24) is 19.5 Å². The standard InChI is InChI=1S/C13H16N4O2S/c1-10(13-15-14-12-8-5-9-17(12)13)16-20(18,19)11-6-3-2-4-7-11/h2-4,6-7,10,16H,5,8-9H2,1H3. The molecule has 1 atom stereocenters. The second-order valence-electron chi connectivity index (χ2n) is 4.89. The first kappa shape index (κ1) is 13.3. The van der Waals surface area contributed by atoms with Crippen LogP contribution >= 0.6 is 0 Å². The second-order valence-corrected chi connectivity index (χ2v) is 6.60. The highest BCUT2D eigenvalue weighted by molar-refractivity contribution is 7.89. The maximum Gasteiger partial charge on any atom is 0.241 e. The van der Waals surface area contributed by atoms with Gasteiger partial charge in [-0.25, -0.2) is 13.1 Å². The zero-order valence-electron chi connectivity index (χ0n) is 11.2. The number of nitrogens with one attached hydrogen (secondary N) is 1. The highest BCUT2D eigenvalue weighted by Crippen LogP contribution is 2.20. The van der Waals surface area contributed by atoms with Crippen LogP contribution in [0, 0.1) is 0 Å². The van der Waals surface area contributed by atoms with E-state index in [0.29, 0.717) is 5.82 Å². The normalized spacial score (nSPS) is 16.1. The van der Waals surface area contributed by atoms with Crippen LogP contribution in [0.15, 0.2) is 35.2 Å². The van der Waals surface area contributed by atoms with E-state index in [1.54, 1.807) is 37.3 Å². The Morgan fingerprint density at radius 3 is 2.75 bits per heavy atom. The van der Waals surface area contributed by atoms with E-state index >= 15 is 0 Å². The van der Waals surface area contributed by atoms with Crippen LogP contribution in [-0.4, -0.2) is 23.2 Å². The predicted octanol–water partition coefficient (Wildman–Crippen LogP) is 1.26. The van der Waals surface area contributed by atoms with Crippen LogP contribution in [0.25, 0.3) is 0 Å². The number of hydrogen-bond donors (Lipinski definition) is 1. The average Bonchev–Trinajstić information content (AvgIpc) is 3.01. The summed E-state index contributed by atoms with van der Waals surface area (Å²) >= 11 is 0. The zero-order valence-corrected chi connectivity index (χ0v) is 12.0. The monoisotopic (exact) mass is 292 g/mol. The molecular formula is C13H16N4O2S. The largest absolute Gasteiger partial charge is 0.314 e. The maximum atomic E-state index is 12.3. The van der Waals surface area contributed by atoms with E-state index in [1.807, 2.05) is 4.57 Å². The molecule has 6 nitrogen and oxygen atoms in total. The summed E-state index contributed by atoms with van der Waals surface area (Å²) in [5.41, 5.74) is 0. The summed E-state index contributed by atoms with van der Waals surface area (Å²) in [6, 6.07) is 7.93. The van der Waals surface area contributed by atoms with Crippen molar-refractivity contribution in [3.8, 4) is 0 Å². The first-order valence-corrected chi connectivity index (χ1v) is 8.05. The fourth-order valence-corrected chi connectivity index (χ4v) is 3.67. The van der Waals surface area contributed by atoms with Gasteiger partial charge in [-0.3, -0.25) is 0 Å². The minimum atomic E-state index is -3.53. The molecule has 0 radical (unpaired) electrons. The van der Waals surface area contributed by atoms with E-state index in [2.05, 4.69) is 14.9 Å². The van der Waals surface area contributed by atoms with Crippen molar-refractivity contribution < 1.29 is 8.42 Å². The zero-order chi connectivity index (χ0) is 14.2. The van der Waals surface area contributed by atoms with Crippen molar-refractivity contribution in [2.75, 3.05) is 0 Å². The van der Waals surface area contributed by atoms with Crippen molar-refractivity contribution in [1.29, 1.82) is 0 Å². The predicted molar refractivity (Wildman–Crippen MR) is 73.5 cm³/mol. The van der Waals surface area contributed by atoms with E-state index in [1.165, 1.54) is 0 Å². The van der Waals surface area contributed by atoms with Gasteiger partial charge in [0.1, 0.15) is 5.82 Å². The fourth-order valence-electron chi connectivity index (χ4n) is 2.45. The lowest BCUT2D eigenvalue weighted by Crippen LogP contribution is -2.28. The number of fused-ring (bicyclic) bond motifs is 1. The van der Waals surface area contributed by atoms with Crippen molar-refractivity contribution in [3.05, 3.63) is 42.0 Å². The van der Waals surface area contributed by atoms with Crippen molar-refractivity contribution in [2.45, 2.75) is 37.2 Å². The van der Waals surface area contributed by atoms with Crippen LogP contribution in [0.3, 0.4) is 0 Å². The number of aryl methyl sites for hydroxylation is 1. The van der Waals surface area contributed by atoms with Gasteiger partial charge in [0.25, 0.3) is 0 Å². The van der Waals surface area contributed by atoms with Crippen molar-refractivity contribution in [2.24, 2.45) is 0 Å². The Bertz CT molecular complexity index is 709. The summed E-state index contributed by atoms with van der Waals surface area (Å²) in [5, 5.41) is 8.20. The maximum absolute atomic E-state index is 12.3. The van der Waals surface area contributed by atoms with E-state index in [9.17, 15) is 8.42 Å². The molecule has 2 heterocycles. The van der Waals surface area contributed by atoms with Gasteiger partial charge in [-0.05, 0) is 25.5 Å². The third-order valence-corrected chi connectivity index (χ3v) is 4.97. The molecule has 20 heavy (non-hydrogen) atoms. The number of sulfonamides is 1. The lowest BCUT2D eigenvalue weighted by Gasteiger charge is -2.14. The molecule has 0 spiro atoms. The molecule has 1 aliphatic rings. The van der Waals surface area contributed by atoms with Crippen LogP contribution < -0.4 is 4.72 Å². The molecule has 0 saturated carbocycles. The Balaban J connectivity index is 1.84. The number of aromatic nitrogens is 3. The van der Waals surface area contributed by atoms with Crippen LogP contribution in [0.1, 0.15) is 31.0 Å². The molecule has 3 rings (SSSR count). The van der Waals surface area contributed by atoms with E-state index in [4.69, 9.17) is 0 Å². The van der Waals surface area contributed by atoms with E-state index in [-0.39, 0.29) is 4.90 Å². The number of benzene rings is 1. The third kappa shape index (κ3) is 2.34. The molecule has 0 fully saturated rings. The number of nitrogens with zero attached hydrogens (tertiary/aromatic N) is 3. The fraction of sp³-hybridized carbons (Fsp3) is 0.385. The molecule has 1 aromatic heterocycles. The first-order valence-electron chi connectivity index (χ1n) is 6.57. The highest BCUT2D eigenvalue weighted by Gasteiger charge is 2.25. The molecule has 1 unspecified atom stereocenters. The molecule has 106 valence electrons. The number of hydrogen-bond acceptors (Lipinski definition) is 4. The Hall–Kier alpha value is -1.73. The van der Waals surface area contributed by atoms with Gasteiger partial charge in [0.2, 0.25) is 10.0 Å². The molecule has 7 heteroatoms. The van der Waals surface area contributed by atoms with Gasteiger partial charge in [0.05, 0.1) is 10.9 Å². The van der Waals surface area contributed by atoms with Gasteiger partial charge < -0.3 is 4.57 Å². The first-order chi connectivity index (χ1) is 9.58. The minimum absolute atomic E-state index is 0.257. The molecule has 1 aromatic carbocycles. The lowest BCUT2D eigenvalue weighted by molar-refractivity contribution is 0.546. The van der Waals surface area contributed by atoms with Gasteiger partial charge >= 0.3 is 0 Å². The second kappa shape index (κ2) is 4.99. The molecular weight excluding hydrogens is 276 g/mol. The Kier molecular flexibility index (Phi) is 3.31. The summed E-state index contributed by atoms with van der Waals surface area (Å²) in [6.45, 7) is 2.64. The van der Waals surface area contributed by atoms with Crippen LogP contribution in [0.2, 0.25) is 0 Å². The molecule has 2 aromatic rings.